The van der Waals surface area contributed by atoms with E-state index in [-0.39, 0.29) is 24.6 Å². The molecule has 1 N–H and O–H groups in total. The summed E-state index contributed by atoms with van der Waals surface area (Å²) >= 11 is 0. The summed E-state index contributed by atoms with van der Waals surface area (Å²) in [5.41, 5.74) is -0.338. The number of ether oxygens (including phenoxy) is 2. The number of piperazine rings is 1. The first-order chi connectivity index (χ1) is 15.6. The van der Waals surface area contributed by atoms with Gasteiger partial charge < -0.3 is 19.7 Å². The molecule has 12 nitrogen and oxygen atoms in total. The van der Waals surface area contributed by atoms with Gasteiger partial charge in [0.2, 0.25) is 5.82 Å². The molecule has 0 bridgehead atoms. The van der Waals surface area contributed by atoms with Gasteiger partial charge in [-0.2, -0.15) is 0 Å². The lowest BCUT2D eigenvalue weighted by Crippen LogP contribution is -2.59. The number of rotatable bonds is 5. The number of methoxy groups -OCH3 is 1. The van der Waals surface area contributed by atoms with Crippen molar-refractivity contribution < 1.29 is 24.0 Å². The molecular weight excluding hydrogens is 432 g/mol. The van der Waals surface area contributed by atoms with Crippen LogP contribution in [0.3, 0.4) is 0 Å². The van der Waals surface area contributed by atoms with Crippen molar-refractivity contribution in [1.29, 1.82) is 0 Å². The first-order valence-corrected chi connectivity index (χ1v) is 10.2. The van der Waals surface area contributed by atoms with Crippen LogP contribution in [0, 0.1) is 10.1 Å². The Kier molecular flexibility index (Phi) is 6.95. The van der Waals surface area contributed by atoms with Crippen molar-refractivity contribution in [3.63, 3.8) is 0 Å². The third-order valence-electron chi connectivity index (χ3n) is 4.80. The van der Waals surface area contributed by atoms with Gasteiger partial charge in [0.25, 0.3) is 0 Å². The molecule has 0 aromatic carbocycles. The predicted octanol–water partition coefficient (Wildman–Crippen LogP) is 2.73. The van der Waals surface area contributed by atoms with Crippen molar-refractivity contribution in [2.24, 2.45) is 0 Å². The lowest BCUT2D eigenvalue weighted by atomic mass is 10.1. The second-order valence-electron chi connectivity index (χ2n) is 8.31. The normalized spacial score (nSPS) is 16.2. The van der Waals surface area contributed by atoms with E-state index in [1.165, 1.54) is 24.1 Å². The average Bonchev–Trinajstić information content (AvgIpc) is 2.77. The van der Waals surface area contributed by atoms with Crippen molar-refractivity contribution >= 4 is 35.1 Å². The number of nitro groups is 1. The Hall–Kier alpha value is -3.96. The van der Waals surface area contributed by atoms with Crippen LogP contribution >= 0.6 is 0 Å². The van der Waals surface area contributed by atoms with Gasteiger partial charge in [0.05, 0.1) is 18.6 Å². The highest BCUT2D eigenvalue weighted by Crippen LogP contribution is 2.29. The topological polar surface area (TPSA) is 140 Å². The highest BCUT2D eigenvalue weighted by molar-refractivity contribution is 5.83. The van der Waals surface area contributed by atoms with Crippen molar-refractivity contribution in [2.75, 3.05) is 37.0 Å². The fourth-order valence-electron chi connectivity index (χ4n) is 3.30. The zero-order chi connectivity index (χ0) is 24.2. The van der Waals surface area contributed by atoms with Crippen LogP contribution in [0.1, 0.15) is 20.8 Å². The molecule has 33 heavy (non-hydrogen) atoms. The van der Waals surface area contributed by atoms with E-state index in [1.54, 1.807) is 50.2 Å². The van der Waals surface area contributed by atoms with Crippen LogP contribution in [0.5, 0.6) is 0 Å². The van der Waals surface area contributed by atoms with E-state index in [0.29, 0.717) is 18.1 Å². The van der Waals surface area contributed by atoms with Crippen LogP contribution < -0.4 is 10.2 Å². The molecule has 0 radical (unpaired) electrons. The Morgan fingerprint density at radius 2 is 1.88 bits per heavy atom. The fraction of sp³-hybridized carbons (Fsp3) is 0.429. The summed E-state index contributed by atoms with van der Waals surface area (Å²) in [7, 11) is 1.25. The number of hydrogen-bond acceptors (Lipinski definition) is 10. The summed E-state index contributed by atoms with van der Waals surface area (Å²) in [4.78, 5) is 47.5. The minimum Gasteiger partial charge on any atom is -0.467 e. The molecule has 0 spiro atoms. The highest BCUT2D eigenvalue weighted by Gasteiger charge is 2.39. The van der Waals surface area contributed by atoms with Gasteiger partial charge >= 0.3 is 17.7 Å². The second kappa shape index (κ2) is 9.67. The van der Waals surface area contributed by atoms with Crippen molar-refractivity contribution in [2.45, 2.75) is 32.4 Å². The SMILES string of the molecule is COC(=O)[C@H]1CN(c2ccc([N+](=O)[O-])c(Nc3ccncc3)n2)CCN1C(=O)OC(C)(C)C. The number of esters is 1. The predicted molar refractivity (Wildman–Crippen MR) is 119 cm³/mol. The van der Waals surface area contributed by atoms with E-state index < -0.39 is 28.6 Å². The third-order valence-corrected chi connectivity index (χ3v) is 4.80. The molecule has 1 atom stereocenters. The van der Waals surface area contributed by atoms with Gasteiger partial charge in [0.1, 0.15) is 11.4 Å². The molecule has 0 aliphatic carbocycles. The first kappa shape index (κ1) is 23.7. The first-order valence-electron chi connectivity index (χ1n) is 10.2. The summed E-state index contributed by atoms with van der Waals surface area (Å²) in [5, 5.41) is 14.4. The Labute approximate surface area is 190 Å². The third kappa shape index (κ3) is 5.84. The van der Waals surface area contributed by atoms with E-state index in [0.717, 1.165) is 0 Å². The zero-order valence-corrected chi connectivity index (χ0v) is 18.8. The molecule has 1 aliphatic heterocycles. The lowest BCUT2D eigenvalue weighted by molar-refractivity contribution is -0.384. The van der Waals surface area contributed by atoms with Crippen LogP contribution in [0.2, 0.25) is 0 Å². The maximum absolute atomic E-state index is 12.6. The molecule has 12 heteroatoms. The molecule has 0 unspecified atom stereocenters. The summed E-state index contributed by atoms with van der Waals surface area (Å²) in [6, 6.07) is 5.25. The van der Waals surface area contributed by atoms with Crippen LogP contribution in [0.25, 0.3) is 0 Å². The number of carbonyl (C=O) groups is 2. The van der Waals surface area contributed by atoms with Crippen molar-refractivity contribution in [3.05, 3.63) is 46.8 Å². The van der Waals surface area contributed by atoms with Gasteiger partial charge in [-0.3, -0.25) is 20.0 Å². The fourth-order valence-corrected chi connectivity index (χ4v) is 3.30. The van der Waals surface area contributed by atoms with E-state index >= 15 is 0 Å². The summed E-state index contributed by atoms with van der Waals surface area (Å²) in [6.45, 7) is 5.84. The van der Waals surface area contributed by atoms with Crippen molar-refractivity contribution in [3.8, 4) is 0 Å². The quantitative estimate of drug-likeness (QED) is 0.404. The van der Waals surface area contributed by atoms with E-state index in [2.05, 4.69) is 15.3 Å². The van der Waals surface area contributed by atoms with E-state index in [1.807, 2.05) is 0 Å². The summed E-state index contributed by atoms with van der Waals surface area (Å²) < 4.78 is 10.3. The summed E-state index contributed by atoms with van der Waals surface area (Å²) in [6.07, 6.45) is 2.48. The summed E-state index contributed by atoms with van der Waals surface area (Å²) in [5.74, 6) is -0.134. The molecule has 2 aromatic heterocycles. The zero-order valence-electron chi connectivity index (χ0n) is 18.8. The smallest absolute Gasteiger partial charge is 0.411 e. The van der Waals surface area contributed by atoms with E-state index in [9.17, 15) is 19.7 Å². The Balaban J connectivity index is 1.87. The van der Waals surface area contributed by atoms with E-state index in [4.69, 9.17) is 9.47 Å². The molecule has 1 saturated heterocycles. The molecule has 3 heterocycles. The van der Waals surface area contributed by atoms with Gasteiger partial charge in [0.15, 0.2) is 6.04 Å². The van der Waals surface area contributed by atoms with Gasteiger partial charge in [-0.25, -0.2) is 14.6 Å². The Bertz CT molecular complexity index is 1030. The van der Waals surface area contributed by atoms with Crippen LogP contribution in [-0.4, -0.2) is 70.2 Å². The molecule has 2 aromatic rings. The Morgan fingerprint density at radius 3 is 2.48 bits per heavy atom. The molecule has 0 saturated carbocycles. The number of anilines is 3. The average molecular weight is 458 g/mol. The molecule has 1 aliphatic rings. The van der Waals surface area contributed by atoms with Gasteiger partial charge in [-0.1, -0.05) is 0 Å². The minimum absolute atomic E-state index is 0.0490. The number of pyridine rings is 2. The van der Waals surface area contributed by atoms with Crippen LogP contribution in [-0.2, 0) is 14.3 Å². The molecule has 3 rings (SSSR count). The standard InChI is InChI=1S/C21H26N6O6/c1-21(2,3)33-20(29)26-12-11-25(13-16(26)19(28)32-4)17-6-5-15(27(30)31)18(24-17)23-14-7-9-22-10-8-14/h5-10,16H,11-13H2,1-4H3,(H,22,23,24)/t16-/m1/s1. The number of hydrogen-bond donors (Lipinski definition) is 1. The van der Waals surface area contributed by atoms with Gasteiger partial charge in [-0.05, 0) is 39.0 Å². The molecular formula is C21H26N6O6. The highest BCUT2D eigenvalue weighted by atomic mass is 16.6. The molecule has 176 valence electrons. The number of amides is 1. The number of carbonyl (C=O) groups excluding carboxylic acids is 2. The number of aromatic nitrogens is 2. The second-order valence-corrected chi connectivity index (χ2v) is 8.31. The number of nitrogens with one attached hydrogen (secondary N) is 1. The van der Waals surface area contributed by atoms with Gasteiger partial charge in [0, 0.05) is 37.2 Å². The maximum Gasteiger partial charge on any atom is 0.411 e. The lowest BCUT2D eigenvalue weighted by Gasteiger charge is -2.40. The minimum atomic E-state index is -0.924. The molecule has 1 amide bonds. The Morgan fingerprint density at radius 1 is 1.18 bits per heavy atom. The van der Waals surface area contributed by atoms with Crippen molar-refractivity contribution in [1.82, 2.24) is 14.9 Å². The monoisotopic (exact) mass is 458 g/mol. The number of nitrogens with zero attached hydrogens (tertiary/aromatic N) is 5. The van der Waals surface area contributed by atoms with Gasteiger partial charge in [-0.15, -0.1) is 0 Å². The maximum atomic E-state index is 12.6. The molecule has 1 fully saturated rings. The van der Waals surface area contributed by atoms with Crippen LogP contribution in [0.15, 0.2) is 36.7 Å². The van der Waals surface area contributed by atoms with Crippen LogP contribution in [0.4, 0.5) is 27.8 Å². The largest absolute Gasteiger partial charge is 0.467 e.